The van der Waals surface area contributed by atoms with Crippen molar-refractivity contribution in [1.29, 1.82) is 0 Å². The van der Waals surface area contributed by atoms with Crippen molar-refractivity contribution in [1.82, 2.24) is 0 Å². The minimum absolute atomic E-state index is 0.376. The van der Waals surface area contributed by atoms with Crippen molar-refractivity contribution in [2.45, 2.75) is 26.4 Å². The van der Waals surface area contributed by atoms with Gasteiger partial charge in [-0.15, -0.1) is 0 Å². The van der Waals surface area contributed by atoms with Gasteiger partial charge < -0.3 is 9.47 Å². The van der Waals surface area contributed by atoms with Gasteiger partial charge in [-0.1, -0.05) is 18.2 Å². The molecule has 94 valence electrons. The summed E-state index contributed by atoms with van der Waals surface area (Å²) >= 11 is 0. The fraction of sp³-hybridized carbons (Fsp3) is 0.286. The molecule has 0 aromatic heterocycles. The monoisotopic (exact) mass is 246 g/mol. The Balaban J connectivity index is 2.54. The van der Waals surface area contributed by atoms with E-state index in [1.54, 1.807) is 51.1 Å². The van der Waals surface area contributed by atoms with Crippen molar-refractivity contribution in [2.75, 3.05) is 0 Å². The topological polar surface area (TPSA) is 52.6 Å². The first kappa shape index (κ1) is 13.8. The van der Waals surface area contributed by atoms with E-state index in [9.17, 15) is 9.59 Å². The molecule has 0 amide bonds. The van der Waals surface area contributed by atoms with E-state index in [4.69, 9.17) is 9.47 Å². The summed E-state index contributed by atoms with van der Waals surface area (Å²) in [7, 11) is 0. The number of para-hydroxylation sites is 1. The number of hydrogen-bond donors (Lipinski definition) is 0. The quantitative estimate of drug-likeness (QED) is 0.329. The number of ether oxygens (including phenoxy) is 2. The summed E-state index contributed by atoms with van der Waals surface area (Å²) in [5.74, 6) is 2.96. The highest BCUT2D eigenvalue weighted by Crippen LogP contribution is 2.08. The second-order valence-electron chi connectivity index (χ2n) is 4.45. The lowest BCUT2D eigenvalue weighted by molar-refractivity contribution is -0.147. The molecule has 1 aromatic carbocycles. The van der Waals surface area contributed by atoms with Gasteiger partial charge >= 0.3 is 11.9 Å². The summed E-state index contributed by atoms with van der Waals surface area (Å²) in [4.78, 5) is 22.5. The van der Waals surface area contributed by atoms with E-state index >= 15 is 0 Å². The average Bonchev–Trinajstić information content (AvgIpc) is 2.25. The maximum Gasteiger partial charge on any atom is 0.390 e. The summed E-state index contributed by atoms with van der Waals surface area (Å²) in [5.41, 5.74) is -0.630. The first-order valence-corrected chi connectivity index (χ1v) is 5.39. The van der Waals surface area contributed by atoms with Crippen LogP contribution in [0.25, 0.3) is 0 Å². The molecule has 0 aliphatic heterocycles. The summed E-state index contributed by atoms with van der Waals surface area (Å²) in [6.07, 6.45) is 0. The number of hydrogen-bond acceptors (Lipinski definition) is 4. The van der Waals surface area contributed by atoms with E-state index in [0.717, 1.165) is 0 Å². The van der Waals surface area contributed by atoms with Gasteiger partial charge in [-0.25, -0.2) is 9.59 Å². The number of carbonyl (C=O) groups excluding carboxylic acids is 2. The molecule has 4 nitrogen and oxygen atoms in total. The van der Waals surface area contributed by atoms with Gasteiger partial charge in [-0.3, -0.25) is 0 Å². The Hall–Kier alpha value is -2.28. The molecular formula is C14H14O4. The maximum atomic E-state index is 11.3. The summed E-state index contributed by atoms with van der Waals surface area (Å²) in [6, 6.07) is 8.48. The highest BCUT2D eigenvalue weighted by molar-refractivity contribution is 5.99. The Morgan fingerprint density at radius 2 is 1.56 bits per heavy atom. The molecule has 0 aliphatic rings. The Labute approximate surface area is 106 Å². The largest absolute Gasteiger partial charge is 0.450 e. The van der Waals surface area contributed by atoms with Gasteiger partial charge in [-0.05, 0) is 32.9 Å². The van der Waals surface area contributed by atoms with Gasteiger partial charge in [0.15, 0.2) is 0 Å². The van der Waals surface area contributed by atoms with E-state index in [0.29, 0.717) is 5.75 Å². The summed E-state index contributed by atoms with van der Waals surface area (Å²) < 4.78 is 9.79. The number of carbonyl (C=O) groups is 2. The molecule has 0 aliphatic carbocycles. The van der Waals surface area contributed by atoms with E-state index < -0.39 is 17.5 Å². The molecule has 1 aromatic rings. The van der Waals surface area contributed by atoms with Crippen LogP contribution in [0.2, 0.25) is 0 Å². The molecule has 0 unspecified atom stereocenters. The van der Waals surface area contributed by atoms with Crippen LogP contribution in [0.3, 0.4) is 0 Å². The van der Waals surface area contributed by atoms with E-state index in [1.165, 1.54) is 0 Å². The molecule has 0 radical (unpaired) electrons. The fourth-order valence-electron chi connectivity index (χ4n) is 1.03. The van der Waals surface area contributed by atoms with Gasteiger partial charge in [0.2, 0.25) is 0 Å². The predicted molar refractivity (Wildman–Crippen MR) is 65.7 cm³/mol. The molecule has 18 heavy (non-hydrogen) atoms. The molecule has 0 N–H and O–H groups in total. The molecule has 0 heterocycles. The molecule has 0 fully saturated rings. The van der Waals surface area contributed by atoms with Crippen LogP contribution in [-0.4, -0.2) is 17.5 Å². The fourth-order valence-corrected chi connectivity index (χ4v) is 1.03. The Bertz CT molecular complexity index is 486. The molecule has 1 rings (SSSR count). The Morgan fingerprint density at radius 3 is 2.11 bits per heavy atom. The summed E-state index contributed by atoms with van der Waals surface area (Å²) in [6.45, 7) is 5.15. The minimum Gasteiger partial charge on any atom is -0.450 e. The Kier molecular flexibility index (Phi) is 4.50. The number of benzene rings is 1. The van der Waals surface area contributed by atoms with Crippen LogP contribution in [-0.2, 0) is 14.3 Å². The second-order valence-corrected chi connectivity index (χ2v) is 4.45. The van der Waals surface area contributed by atoms with Gasteiger partial charge in [-0.2, -0.15) is 0 Å². The van der Waals surface area contributed by atoms with Crippen molar-refractivity contribution in [2.24, 2.45) is 0 Å². The third-order valence-electron chi connectivity index (χ3n) is 1.62. The average molecular weight is 246 g/mol. The minimum atomic E-state index is -0.799. The van der Waals surface area contributed by atoms with E-state index in [1.807, 2.05) is 0 Å². The van der Waals surface area contributed by atoms with Gasteiger partial charge in [0, 0.05) is 11.8 Å². The summed E-state index contributed by atoms with van der Waals surface area (Å²) in [5, 5.41) is 0. The molecule has 0 spiro atoms. The van der Waals surface area contributed by atoms with Crippen LogP contribution in [0, 0.1) is 11.8 Å². The molecule has 4 heteroatoms. The molecular weight excluding hydrogens is 232 g/mol. The molecule has 0 saturated carbocycles. The maximum absolute atomic E-state index is 11.3. The predicted octanol–water partition coefficient (Wildman–Crippen LogP) is 1.94. The van der Waals surface area contributed by atoms with Gasteiger partial charge in [0.25, 0.3) is 0 Å². The lowest BCUT2D eigenvalue weighted by atomic mass is 10.2. The lowest BCUT2D eigenvalue weighted by Crippen LogP contribution is -2.23. The zero-order chi connectivity index (χ0) is 13.6. The number of esters is 2. The van der Waals surface area contributed by atoms with Gasteiger partial charge in [0.1, 0.15) is 11.4 Å². The van der Waals surface area contributed by atoms with Crippen LogP contribution >= 0.6 is 0 Å². The van der Waals surface area contributed by atoms with Crippen molar-refractivity contribution in [3.05, 3.63) is 30.3 Å². The van der Waals surface area contributed by atoms with E-state index in [2.05, 4.69) is 11.8 Å². The lowest BCUT2D eigenvalue weighted by Gasteiger charge is -2.16. The van der Waals surface area contributed by atoms with Crippen molar-refractivity contribution >= 4 is 11.9 Å². The first-order valence-electron chi connectivity index (χ1n) is 5.39. The number of rotatable bonds is 1. The van der Waals surface area contributed by atoms with Crippen LogP contribution in [0.1, 0.15) is 20.8 Å². The normalized spacial score (nSPS) is 9.94. The SMILES string of the molecule is CC(C)(C)OC(=O)C#CC(=O)Oc1ccccc1. The third-order valence-corrected chi connectivity index (χ3v) is 1.62. The third kappa shape index (κ3) is 5.71. The van der Waals surface area contributed by atoms with Gasteiger partial charge in [0.05, 0.1) is 0 Å². The smallest absolute Gasteiger partial charge is 0.390 e. The van der Waals surface area contributed by atoms with Crippen LogP contribution in [0.5, 0.6) is 5.75 Å². The molecule has 0 saturated heterocycles. The standard InChI is InChI=1S/C14H14O4/c1-14(2,3)18-13(16)10-9-12(15)17-11-7-5-4-6-8-11/h4-8H,1-3H3. The van der Waals surface area contributed by atoms with Crippen molar-refractivity contribution in [3.63, 3.8) is 0 Å². The van der Waals surface area contributed by atoms with Crippen LogP contribution < -0.4 is 4.74 Å². The highest BCUT2D eigenvalue weighted by Gasteiger charge is 2.14. The van der Waals surface area contributed by atoms with Crippen molar-refractivity contribution in [3.8, 4) is 17.6 Å². The Morgan fingerprint density at radius 1 is 1.00 bits per heavy atom. The molecule has 0 atom stereocenters. The van der Waals surface area contributed by atoms with Crippen LogP contribution in [0.4, 0.5) is 0 Å². The zero-order valence-electron chi connectivity index (χ0n) is 10.5. The zero-order valence-corrected chi connectivity index (χ0v) is 10.5. The first-order chi connectivity index (χ1) is 8.37. The highest BCUT2D eigenvalue weighted by atomic mass is 16.6. The van der Waals surface area contributed by atoms with Crippen molar-refractivity contribution < 1.29 is 19.1 Å². The second kappa shape index (κ2) is 5.87. The molecule has 0 bridgehead atoms. The van der Waals surface area contributed by atoms with E-state index in [-0.39, 0.29) is 0 Å². The van der Waals surface area contributed by atoms with Crippen LogP contribution in [0.15, 0.2) is 30.3 Å².